The van der Waals surface area contributed by atoms with Gasteiger partial charge in [0.1, 0.15) is 5.75 Å². The Morgan fingerprint density at radius 2 is 1.68 bits per heavy atom. The van der Waals surface area contributed by atoms with Gasteiger partial charge in [0.05, 0.1) is 13.7 Å². The van der Waals surface area contributed by atoms with Gasteiger partial charge >= 0.3 is 0 Å². The number of imidazole rings is 1. The number of carbonyl (C=O) groups is 2. The van der Waals surface area contributed by atoms with Crippen molar-refractivity contribution in [2.75, 3.05) is 7.11 Å². The van der Waals surface area contributed by atoms with Gasteiger partial charge in [-0.15, -0.1) is 0 Å². The van der Waals surface area contributed by atoms with Gasteiger partial charge in [-0.25, -0.2) is 4.98 Å². The fourth-order valence-electron chi connectivity index (χ4n) is 2.40. The first kappa shape index (κ1) is 16.9. The van der Waals surface area contributed by atoms with Crippen LogP contribution in [0.1, 0.15) is 26.5 Å². The van der Waals surface area contributed by atoms with Crippen LogP contribution < -0.4 is 4.74 Å². The molecule has 126 valence electrons. The zero-order chi connectivity index (χ0) is 17.8. The van der Waals surface area contributed by atoms with E-state index >= 15 is 0 Å². The number of ketones is 2. The molecule has 0 atom stereocenters. The van der Waals surface area contributed by atoms with E-state index in [0.717, 1.165) is 0 Å². The second-order valence-electron chi connectivity index (χ2n) is 5.37. The van der Waals surface area contributed by atoms with Crippen LogP contribution in [0.25, 0.3) is 0 Å². The van der Waals surface area contributed by atoms with Crippen LogP contribution in [0, 0.1) is 0 Å². The summed E-state index contributed by atoms with van der Waals surface area (Å²) in [6, 6.07) is 13.4. The molecule has 0 radical (unpaired) electrons. The highest BCUT2D eigenvalue weighted by Gasteiger charge is 2.17. The van der Waals surface area contributed by atoms with E-state index in [1.165, 1.54) is 6.20 Å². The van der Waals surface area contributed by atoms with Crippen molar-refractivity contribution in [2.24, 2.45) is 0 Å². The SMILES string of the molecule is COc1ccc(C(=O)Cn2ccnc2C(=O)c2ccc(Cl)cc2)cc1. The molecule has 1 heterocycles. The summed E-state index contributed by atoms with van der Waals surface area (Å²) in [5.74, 6) is 0.511. The average Bonchev–Trinajstić information content (AvgIpc) is 3.10. The molecule has 3 aromatic rings. The van der Waals surface area contributed by atoms with Crippen LogP contribution in [0.3, 0.4) is 0 Å². The highest BCUT2D eigenvalue weighted by Crippen LogP contribution is 2.15. The van der Waals surface area contributed by atoms with Crippen molar-refractivity contribution in [1.29, 1.82) is 0 Å². The van der Waals surface area contributed by atoms with Crippen LogP contribution in [0.15, 0.2) is 60.9 Å². The van der Waals surface area contributed by atoms with Crippen molar-refractivity contribution in [3.05, 3.63) is 82.9 Å². The smallest absolute Gasteiger partial charge is 0.228 e. The van der Waals surface area contributed by atoms with E-state index in [4.69, 9.17) is 16.3 Å². The molecule has 5 nitrogen and oxygen atoms in total. The first-order valence-electron chi connectivity index (χ1n) is 7.57. The van der Waals surface area contributed by atoms with Crippen LogP contribution in [0.5, 0.6) is 5.75 Å². The van der Waals surface area contributed by atoms with Crippen molar-refractivity contribution in [3.63, 3.8) is 0 Å². The predicted octanol–water partition coefficient (Wildman–Crippen LogP) is 3.66. The summed E-state index contributed by atoms with van der Waals surface area (Å²) in [5, 5.41) is 0.551. The number of methoxy groups -OCH3 is 1. The summed E-state index contributed by atoms with van der Waals surface area (Å²) in [7, 11) is 1.57. The first-order chi connectivity index (χ1) is 12.1. The maximum atomic E-state index is 12.6. The Labute approximate surface area is 149 Å². The van der Waals surface area contributed by atoms with Crippen LogP contribution >= 0.6 is 11.6 Å². The lowest BCUT2D eigenvalue weighted by atomic mass is 10.1. The van der Waals surface area contributed by atoms with Crippen molar-refractivity contribution in [2.45, 2.75) is 6.54 Å². The van der Waals surface area contributed by atoms with Crippen LogP contribution in [-0.2, 0) is 6.54 Å². The Hall–Kier alpha value is -2.92. The summed E-state index contributed by atoms with van der Waals surface area (Å²) in [6.07, 6.45) is 3.12. The van der Waals surface area contributed by atoms with Crippen molar-refractivity contribution < 1.29 is 14.3 Å². The van der Waals surface area contributed by atoms with Gasteiger partial charge in [-0.05, 0) is 48.5 Å². The molecule has 1 aromatic heterocycles. The minimum atomic E-state index is -0.260. The van der Waals surface area contributed by atoms with Gasteiger partial charge in [0.15, 0.2) is 11.6 Å². The minimum Gasteiger partial charge on any atom is -0.497 e. The van der Waals surface area contributed by atoms with Gasteiger partial charge in [-0.1, -0.05) is 11.6 Å². The Balaban J connectivity index is 1.80. The van der Waals surface area contributed by atoms with E-state index in [-0.39, 0.29) is 23.9 Å². The first-order valence-corrected chi connectivity index (χ1v) is 7.95. The monoisotopic (exact) mass is 354 g/mol. The molecule has 0 saturated carbocycles. The third kappa shape index (κ3) is 3.78. The maximum Gasteiger partial charge on any atom is 0.228 e. The Morgan fingerprint density at radius 3 is 2.32 bits per heavy atom. The average molecular weight is 355 g/mol. The number of nitrogens with zero attached hydrogens (tertiary/aromatic N) is 2. The number of rotatable bonds is 6. The van der Waals surface area contributed by atoms with Gasteiger partial charge < -0.3 is 9.30 Å². The fraction of sp³-hybridized carbons (Fsp3) is 0.105. The number of Topliss-reactive ketones (excluding diaryl/α,β-unsaturated/α-hetero) is 1. The number of aromatic nitrogens is 2. The van der Waals surface area contributed by atoms with E-state index in [0.29, 0.717) is 21.9 Å². The van der Waals surface area contributed by atoms with Crippen molar-refractivity contribution in [3.8, 4) is 5.75 Å². The third-order valence-electron chi connectivity index (χ3n) is 3.75. The summed E-state index contributed by atoms with van der Waals surface area (Å²) < 4.78 is 6.63. The van der Waals surface area contributed by atoms with Crippen molar-refractivity contribution >= 4 is 23.2 Å². The molecular formula is C19H15ClN2O3. The minimum absolute atomic E-state index is 0.0288. The quantitative estimate of drug-likeness (QED) is 0.634. The number of hydrogen-bond donors (Lipinski definition) is 0. The van der Waals surface area contributed by atoms with E-state index < -0.39 is 0 Å². The predicted molar refractivity (Wildman–Crippen MR) is 94.4 cm³/mol. The molecule has 0 bridgehead atoms. The molecule has 0 amide bonds. The van der Waals surface area contributed by atoms with E-state index in [2.05, 4.69) is 4.98 Å². The molecule has 0 unspecified atom stereocenters. The lowest BCUT2D eigenvalue weighted by Crippen LogP contribution is -2.16. The van der Waals surface area contributed by atoms with Crippen LogP contribution in [-0.4, -0.2) is 28.2 Å². The molecule has 0 fully saturated rings. The molecule has 0 aliphatic carbocycles. The second-order valence-corrected chi connectivity index (χ2v) is 5.80. The summed E-state index contributed by atoms with van der Waals surface area (Å²) in [5.41, 5.74) is 1.01. The number of halogens is 1. The molecule has 6 heteroatoms. The topological polar surface area (TPSA) is 61.2 Å². The van der Waals surface area contributed by atoms with E-state index in [1.54, 1.807) is 66.4 Å². The molecular weight excluding hydrogens is 340 g/mol. The number of hydrogen-bond acceptors (Lipinski definition) is 4. The van der Waals surface area contributed by atoms with Crippen LogP contribution in [0.4, 0.5) is 0 Å². The van der Waals surface area contributed by atoms with E-state index in [9.17, 15) is 9.59 Å². The van der Waals surface area contributed by atoms with Crippen LogP contribution in [0.2, 0.25) is 5.02 Å². The van der Waals surface area contributed by atoms with Gasteiger partial charge in [-0.2, -0.15) is 0 Å². The zero-order valence-corrected chi connectivity index (χ0v) is 14.2. The fourth-order valence-corrected chi connectivity index (χ4v) is 2.53. The van der Waals surface area contributed by atoms with Gasteiger partial charge in [0, 0.05) is 28.5 Å². The number of ether oxygens (including phenoxy) is 1. The molecule has 0 aliphatic rings. The molecule has 3 rings (SSSR count). The molecule has 0 spiro atoms. The summed E-state index contributed by atoms with van der Waals surface area (Å²) in [6.45, 7) is 0.0288. The lowest BCUT2D eigenvalue weighted by molar-refractivity contribution is 0.0967. The lowest BCUT2D eigenvalue weighted by Gasteiger charge is -2.07. The summed E-state index contributed by atoms with van der Waals surface area (Å²) in [4.78, 5) is 29.1. The second kappa shape index (κ2) is 7.32. The standard InChI is InChI=1S/C19H15ClN2O3/c1-25-16-8-4-13(5-9-16)17(23)12-22-11-10-21-19(22)18(24)14-2-6-15(20)7-3-14/h2-11H,12H2,1H3. The molecule has 0 N–H and O–H groups in total. The Morgan fingerprint density at radius 1 is 1.04 bits per heavy atom. The Kier molecular flexibility index (Phi) is 4.95. The van der Waals surface area contributed by atoms with Gasteiger partial charge in [0.2, 0.25) is 5.78 Å². The molecule has 0 saturated heterocycles. The highest BCUT2D eigenvalue weighted by atomic mass is 35.5. The maximum absolute atomic E-state index is 12.6. The normalized spacial score (nSPS) is 10.5. The third-order valence-corrected chi connectivity index (χ3v) is 4.00. The van der Waals surface area contributed by atoms with Crippen molar-refractivity contribution in [1.82, 2.24) is 9.55 Å². The molecule has 0 aliphatic heterocycles. The molecule has 25 heavy (non-hydrogen) atoms. The van der Waals surface area contributed by atoms with Gasteiger partial charge in [0.25, 0.3) is 0 Å². The number of benzene rings is 2. The summed E-state index contributed by atoms with van der Waals surface area (Å²) >= 11 is 5.85. The number of carbonyl (C=O) groups excluding carboxylic acids is 2. The largest absolute Gasteiger partial charge is 0.497 e. The zero-order valence-electron chi connectivity index (χ0n) is 13.5. The van der Waals surface area contributed by atoms with E-state index in [1.807, 2.05) is 0 Å². The molecule has 2 aromatic carbocycles. The van der Waals surface area contributed by atoms with Gasteiger partial charge in [-0.3, -0.25) is 9.59 Å². The highest BCUT2D eigenvalue weighted by molar-refractivity contribution is 6.30. The Bertz CT molecular complexity index is 899.